The highest BCUT2D eigenvalue weighted by Gasteiger charge is 2.44. The number of allylic oxidation sites excluding steroid dienone is 4. The number of hydrogen-bond acceptors (Lipinski definition) is 10. The Balaban J connectivity index is 2.35. The van der Waals surface area contributed by atoms with E-state index in [-0.39, 0.29) is 32.0 Å². The lowest BCUT2D eigenvalue weighted by atomic mass is 9.99. The van der Waals surface area contributed by atoms with E-state index < -0.39 is 49.4 Å². The molecule has 0 spiro atoms. The fraction of sp³-hybridized carbons (Fsp3) is 0.857. The first kappa shape index (κ1) is 48.2. The van der Waals surface area contributed by atoms with Gasteiger partial charge < -0.3 is 39.4 Å². The number of carbonyl (C=O) groups is 2. The summed E-state index contributed by atoms with van der Waals surface area (Å²) in [6, 6.07) is 0. The third kappa shape index (κ3) is 25.2. The molecular formula is C42H76O10. The Hall–Kier alpha value is -1.82. The van der Waals surface area contributed by atoms with Crippen molar-refractivity contribution in [1.29, 1.82) is 0 Å². The van der Waals surface area contributed by atoms with Crippen molar-refractivity contribution in [3.63, 3.8) is 0 Å². The van der Waals surface area contributed by atoms with Gasteiger partial charge in [-0.3, -0.25) is 9.59 Å². The van der Waals surface area contributed by atoms with Gasteiger partial charge in [-0.2, -0.15) is 0 Å². The first-order valence-electron chi connectivity index (χ1n) is 20.9. The van der Waals surface area contributed by atoms with Gasteiger partial charge in [0.2, 0.25) is 0 Å². The van der Waals surface area contributed by atoms with E-state index in [2.05, 4.69) is 38.2 Å². The van der Waals surface area contributed by atoms with Crippen LogP contribution in [0.15, 0.2) is 24.3 Å². The van der Waals surface area contributed by atoms with Gasteiger partial charge in [0.15, 0.2) is 12.4 Å². The van der Waals surface area contributed by atoms with Crippen molar-refractivity contribution < 1.29 is 49.0 Å². The van der Waals surface area contributed by atoms with E-state index in [0.29, 0.717) is 6.42 Å². The molecule has 304 valence electrons. The maximum atomic E-state index is 12.7. The van der Waals surface area contributed by atoms with Crippen molar-refractivity contribution in [2.24, 2.45) is 0 Å². The summed E-state index contributed by atoms with van der Waals surface area (Å²) < 4.78 is 22.1. The lowest BCUT2D eigenvalue weighted by molar-refractivity contribution is -0.305. The summed E-state index contributed by atoms with van der Waals surface area (Å²) in [6.45, 7) is 3.37. The molecule has 0 radical (unpaired) electrons. The lowest BCUT2D eigenvalue weighted by Crippen LogP contribution is -2.59. The molecule has 0 saturated carbocycles. The van der Waals surface area contributed by atoms with Crippen LogP contribution in [0.1, 0.15) is 174 Å². The Morgan fingerprint density at radius 2 is 1.08 bits per heavy atom. The maximum Gasteiger partial charge on any atom is 0.306 e. The Morgan fingerprint density at radius 1 is 0.596 bits per heavy atom. The molecule has 1 aliphatic rings. The summed E-state index contributed by atoms with van der Waals surface area (Å²) >= 11 is 0. The molecule has 0 amide bonds. The van der Waals surface area contributed by atoms with Crippen LogP contribution in [0.4, 0.5) is 0 Å². The van der Waals surface area contributed by atoms with E-state index in [9.17, 15) is 30.0 Å². The van der Waals surface area contributed by atoms with Crippen molar-refractivity contribution in [1.82, 2.24) is 0 Å². The van der Waals surface area contributed by atoms with E-state index in [1.807, 2.05) is 0 Å². The summed E-state index contributed by atoms with van der Waals surface area (Å²) in [6.07, 6.45) is 27.6. The number of esters is 2. The van der Waals surface area contributed by atoms with Crippen molar-refractivity contribution >= 4 is 11.9 Å². The average molecular weight is 741 g/mol. The Morgan fingerprint density at radius 3 is 1.63 bits per heavy atom. The zero-order chi connectivity index (χ0) is 38.1. The van der Waals surface area contributed by atoms with Crippen LogP contribution >= 0.6 is 0 Å². The van der Waals surface area contributed by atoms with Crippen LogP contribution in [0.3, 0.4) is 0 Å². The summed E-state index contributed by atoms with van der Waals surface area (Å²) in [5, 5.41) is 39.9. The second-order valence-corrected chi connectivity index (χ2v) is 14.4. The molecule has 0 bridgehead atoms. The number of aliphatic hydroxyl groups is 4. The highest BCUT2D eigenvalue weighted by Crippen LogP contribution is 2.22. The van der Waals surface area contributed by atoms with Crippen molar-refractivity contribution in [3.8, 4) is 0 Å². The molecule has 1 rings (SSSR count). The summed E-state index contributed by atoms with van der Waals surface area (Å²) in [7, 11) is 0. The van der Waals surface area contributed by atoms with Crippen LogP contribution in [0.2, 0.25) is 0 Å². The topological polar surface area (TPSA) is 152 Å². The molecule has 1 fully saturated rings. The molecule has 10 heteroatoms. The van der Waals surface area contributed by atoms with Gasteiger partial charge in [-0.1, -0.05) is 141 Å². The molecule has 6 unspecified atom stereocenters. The fourth-order valence-corrected chi connectivity index (χ4v) is 6.22. The molecule has 1 saturated heterocycles. The van der Waals surface area contributed by atoms with E-state index in [1.54, 1.807) is 0 Å². The van der Waals surface area contributed by atoms with Gasteiger partial charge in [0.25, 0.3) is 0 Å². The van der Waals surface area contributed by atoms with Crippen LogP contribution in [-0.4, -0.2) is 89.0 Å². The minimum atomic E-state index is -1.59. The highest BCUT2D eigenvalue weighted by atomic mass is 16.7. The molecule has 0 aromatic rings. The molecule has 0 aromatic carbocycles. The summed E-state index contributed by atoms with van der Waals surface area (Å²) in [5.41, 5.74) is 0. The number of aliphatic hydroxyl groups excluding tert-OH is 4. The molecule has 10 nitrogen and oxygen atoms in total. The van der Waals surface area contributed by atoms with Crippen LogP contribution in [0, 0.1) is 0 Å². The zero-order valence-corrected chi connectivity index (χ0v) is 32.8. The summed E-state index contributed by atoms with van der Waals surface area (Å²) in [4.78, 5) is 25.2. The first-order valence-corrected chi connectivity index (χ1v) is 20.9. The predicted molar refractivity (Wildman–Crippen MR) is 206 cm³/mol. The second-order valence-electron chi connectivity index (χ2n) is 14.4. The molecule has 0 aliphatic carbocycles. The van der Waals surface area contributed by atoms with Crippen LogP contribution in [0.25, 0.3) is 0 Å². The van der Waals surface area contributed by atoms with Gasteiger partial charge in [0.05, 0.1) is 13.2 Å². The minimum absolute atomic E-state index is 0.218. The lowest BCUT2D eigenvalue weighted by Gasteiger charge is -2.39. The fourth-order valence-electron chi connectivity index (χ4n) is 6.22. The molecule has 52 heavy (non-hydrogen) atoms. The van der Waals surface area contributed by atoms with Crippen molar-refractivity contribution in [3.05, 3.63) is 24.3 Å². The maximum absolute atomic E-state index is 12.7. The molecule has 1 heterocycles. The molecule has 6 atom stereocenters. The van der Waals surface area contributed by atoms with Gasteiger partial charge in [-0.25, -0.2) is 0 Å². The van der Waals surface area contributed by atoms with Crippen molar-refractivity contribution in [2.75, 3.05) is 19.8 Å². The monoisotopic (exact) mass is 741 g/mol. The van der Waals surface area contributed by atoms with Gasteiger partial charge in [0.1, 0.15) is 31.0 Å². The first-order chi connectivity index (χ1) is 25.3. The second kappa shape index (κ2) is 33.7. The number of rotatable bonds is 34. The van der Waals surface area contributed by atoms with Gasteiger partial charge in [0, 0.05) is 12.8 Å². The van der Waals surface area contributed by atoms with Gasteiger partial charge >= 0.3 is 11.9 Å². The largest absolute Gasteiger partial charge is 0.462 e. The SMILES string of the molecule is CCCCC/C=C\C/C=C\CCCCCCCCCC(=O)OC(COC(=O)CCCCCCCCCCCC)COC1OC(CO)C(O)C(O)C1O. The van der Waals surface area contributed by atoms with E-state index >= 15 is 0 Å². The van der Waals surface area contributed by atoms with Crippen LogP contribution in [0.5, 0.6) is 0 Å². The van der Waals surface area contributed by atoms with Crippen LogP contribution < -0.4 is 0 Å². The van der Waals surface area contributed by atoms with Gasteiger partial charge in [-0.15, -0.1) is 0 Å². The van der Waals surface area contributed by atoms with Crippen LogP contribution in [-0.2, 0) is 28.5 Å². The third-order valence-electron chi connectivity index (χ3n) is 9.59. The van der Waals surface area contributed by atoms with Gasteiger partial charge in [-0.05, 0) is 44.9 Å². The molecule has 0 aromatic heterocycles. The summed E-state index contributed by atoms with van der Waals surface area (Å²) in [5.74, 6) is -0.814. The van der Waals surface area contributed by atoms with E-state index in [0.717, 1.165) is 51.4 Å². The Kier molecular flexibility index (Phi) is 31.3. The van der Waals surface area contributed by atoms with E-state index in [4.69, 9.17) is 18.9 Å². The molecule has 1 aliphatic heterocycles. The predicted octanol–water partition coefficient (Wildman–Crippen LogP) is 8.16. The minimum Gasteiger partial charge on any atom is -0.462 e. The Labute approximate surface area is 315 Å². The number of unbranched alkanes of at least 4 members (excludes halogenated alkanes) is 19. The quantitative estimate of drug-likeness (QED) is 0.0289. The average Bonchev–Trinajstić information content (AvgIpc) is 3.14. The normalized spacial score (nSPS) is 21.2. The molecule has 4 N–H and O–H groups in total. The standard InChI is InChI=1S/C42H76O10/c1-3-5-7-9-11-13-15-16-17-18-19-20-21-23-25-27-29-31-38(45)51-35(34-50-42-41(48)40(47)39(46)36(32-43)52-42)33-49-37(44)30-28-26-24-22-14-12-10-8-6-4-2/h11,13,16-17,35-36,39-43,46-48H,3-10,12,14-15,18-34H2,1-2H3/b13-11-,17-16-. The highest BCUT2D eigenvalue weighted by molar-refractivity contribution is 5.70. The number of carbonyl (C=O) groups excluding carboxylic acids is 2. The third-order valence-corrected chi connectivity index (χ3v) is 9.59. The zero-order valence-electron chi connectivity index (χ0n) is 32.8. The smallest absolute Gasteiger partial charge is 0.306 e. The Bertz CT molecular complexity index is 907. The van der Waals surface area contributed by atoms with E-state index in [1.165, 1.54) is 89.9 Å². The molecular weight excluding hydrogens is 664 g/mol. The van der Waals surface area contributed by atoms with Crippen molar-refractivity contribution in [2.45, 2.75) is 211 Å². The number of hydrogen-bond donors (Lipinski definition) is 4. The number of ether oxygens (including phenoxy) is 4.